The average molecular weight is 389 g/mol. The van der Waals surface area contributed by atoms with Gasteiger partial charge in [-0.1, -0.05) is 12.1 Å². The van der Waals surface area contributed by atoms with Gasteiger partial charge < -0.3 is 5.32 Å². The monoisotopic (exact) mass is 389 g/mol. The van der Waals surface area contributed by atoms with E-state index in [1.54, 1.807) is 0 Å². The van der Waals surface area contributed by atoms with Gasteiger partial charge in [-0.05, 0) is 68.0 Å². The third kappa shape index (κ3) is 3.51. The molecule has 0 unspecified atom stereocenters. The lowest BCUT2D eigenvalue weighted by Crippen LogP contribution is -2.57. The molecule has 2 N–H and O–H groups in total. The molecule has 2 atom stereocenters. The Morgan fingerprint density at radius 3 is 2.54 bits per heavy atom. The molecule has 2 aromatic rings. The first-order chi connectivity index (χ1) is 13.3. The van der Waals surface area contributed by atoms with Gasteiger partial charge in [0.2, 0.25) is 5.91 Å². The molecule has 3 heterocycles. The number of amides is 1. The van der Waals surface area contributed by atoms with Crippen LogP contribution in [0.4, 0.5) is 13.2 Å². The zero-order valence-corrected chi connectivity index (χ0v) is 15.6. The van der Waals surface area contributed by atoms with Crippen molar-refractivity contribution < 1.29 is 18.0 Å². The van der Waals surface area contributed by atoms with E-state index in [-0.39, 0.29) is 11.9 Å². The van der Waals surface area contributed by atoms with Crippen LogP contribution in [0.3, 0.4) is 0 Å². The van der Waals surface area contributed by atoms with Crippen molar-refractivity contribution in [2.75, 3.05) is 6.54 Å². The van der Waals surface area contributed by atoms with Gasteiger partial charge in [0.05, 0.1) is 22.8 Å². The summed E-state index contributed by atoms with van der Waals surface area (Å²) in [5.74, 6) is 0.0527. The van der Waals surface area contributed by atoms with Crippen LogP contribution < -0.4 is 10.6 Å². The van der Waals surface area contributed by atoms with Crippen molar-refractivity contribution in [3.05, 3.63) is 53.3 Å². The number of alkyl halides is 3. The Morgan fingerprint density at radius 2 is 1.86 bits per heavy atom. The number of aromatic nitrogens is 1. The summed E-state index contributed by atoms with van der Waals surface area (Å²) in [6.45, 7) is 2.59. The zero-order valence-electron chi connectivity index (χ0n) is 15.6. The van der Waals surface area contributed by atoms with Crippen LogP contribution in [0, 0.1) is 6.92 Å². The fraction of sp³-hybridized carbons (Fsp3) is 0.429. The first-order valence-electron chi connectivity index (χ1n) is 9.49. The van der Waals surface area contributed by atoms with Crippen LogP contribution in [0.2, 0.25) is 0 Å². The van der Waals surface area contributed by atoms with Crippen molar-refractivity contribution in [1.29, 1.82) is 0 Å². The van der Waals surface area contributed by atoms with Crippen molar-refractivity contribution >= 4 is 5.91 Å². The summed E-state index contributed by atoms with van der Waals surface area (Å²) in [6.07, 6.45) is -1.03. The van der Waals surface area contributed by atoms with Gasteiger partial charge in [-0.3, -0.25) is 15.1 Å². The summed E-state index contributed by atoms with van der Waals surface area (Å²) in [5.41, 5.74) is 1.97. The van der Waals surface area contributed by atoms with Crippen LogP contribution in [-0.2, 0) is 11.0 Å². The maximum Gasteiger partial charge on any atom is 0.416 e. The standard InChI is InChI=1S/C21H22F3N3O/c1-13-11-15(14-3-5-16(6-4-14)21(22,23)24)12-18(26-13)17-7-9-20(27-17)8-2-10-25-19(20)28/h3-6,11-12,17,27H,2,7-10H2,1H3,(H,25,28)/t17-,20+/m1/s1. The number of nitrogens with zero attached hydrogens (tertiary/aromatic N) is 1. The second-order valence-corrected chi connectivity index (χ2v) is 7.67. The lowest BCUT2D eigenvalue weighted by Gasteiger charge is -2.33. The third-order valence-corrected chi connectivity index (χ3v) is 5.69. The summed E-state index contributed by atoms with van der Waals surface area (Å²) >= 11 is 0. The van der Waals surface area contributed by atoms with Crippen molar-refractivity contribution in [2.24, 2.45) is 0 Å². The maximum atomic E-state index is 12.8. The number of carbonyl (C=O) groups excluding carboxylic acids is 1. The predicted molar refractivity (Wildman–Crippen MR) is 99.5 cm³/mol. The Kier molecular flexibility index (Phi) is 4.65. The number of aryl methyl sites for hydroxylation is 1. The Morgan fingerprint density at radius 1 is 1.11 bits per heavy atom. The highest BCUT2D eigenvalue weighted by molar-refractivity contribution is 5.87. The molecule has 0 radical (unpaired) electrons. The molecule has 4 nitrogen and oxygen atoms in total. The lowest BCUT2D eigenvalue weighted by atomic mass is 9.88. The van der Waals surface area contributed by atoms with E-state index in [1.807, 2.05) is 19.1 Å². The molecule has 1 amide bonds. The number of carbonyl (C=O) groups is 1. The molecule has 2 saturated heterocycles. The van der Waals surface area contributed by atoms with Crippen molar-refractivity contribution in [3.8, 4) is 11.1 Å². The molecule has 4 rings (SSSR count). The van der Waals surface area contributed by atoms with Crippen molar-refractivity contribution in [1.82, 2.24) is 15.6 Å². The van der Waals surface area contributed by atoms with Gasteiger partial charge in [-0.15, -0.1) is 0 Å². The molecule has 2 aliphatic rings. The Bertz CT molecular complexity index is 895. The Hall–Kier alpha value is -2.41. The topological polar surface area (TPSA) is 54.0 Å². The van der Waals surface area contributed by atoms with E-state index in [0.29, 0.717) is 12.1 Å². The predicted octanol–water partition coefficient (Wildman–Crippen LogP) is 4.15. The van der Waals surface area contributed by atoms with Gasteiger partial charge in [0.25, 0.3) is 0 Å². The van der Waals surface area contributed by atoms with E-state index >= 15 is 0 Å². The highest BCUT2D eigenvalue weighted by Crippen LogP contribution is 2.38. The summed E-state index contributed by atoms with van der Waals surface area (Å²) in [4.78, 5) is 17.0. The van der Waals surface area contributed by atoms with Gasteiger partial charge in [0.1, 0.15) is 0 Å². The minimum atomic E-state index is -4.35. The molecule has 0 bridgehead atoms. The van der Waals surface area contributed by atoms with Gasteiger partial charge in [-0.25, -0.2) is 0 Å². The van der Waals surface area contributed by atoms with Crippen molar-refractivity contribution in [2.45, 2.75) is 50.4 Å². The smallest absolute Gasteiger partial charge is 0.354 e. The fourth-order valence-electron chi connectivity index (χ4n) is 4.23. The fourth-order valence-corrected chi connectivity index (χ4v) is 4.23. The van der Waals surface area contributed by atoms with Crippen LogP contribution in [0.5, 0.6) is 0 Å². The minimum absolute atomic E-state index is 0.0445. The van der Waals surface area contributed by atoms with Crippen molar-refractivity contribution in [3.63, 3.8) is 0 Å². The number of rotatable bonds is 2. The molecule has 0 saturated carbocycles. The molecule has 0 aliphatic carbocycles. The summed E-state index contributed by atoms with van der Waals surface area (Å²) < 4.78 is 38.4. The van der Waals surface area contributed by atoms with E-state index in [0.717, 1.165) is 54.8 Å². The number of benzene rings is 1. The third-order valence-electron chi connectivity index (χ3n) is 5.69. The molecule has 148 valence electrons. The highest BCUT2D eigenvalue weighted by Gasteiger charge is 2.46. The SMILES string of the molecule is Cc1cc(-c2ccc(C(F)(F)F)cc2)cc([C@H]2CC[C@]3(CCCNC3=O)N2)n1. The molecule has 1 spiro atoms. The summed E-state index contributed by atoms with van der Waals surface area (Å²) in [5, 5.41) is 6.42. The Balaban J connectivity index is 1.60. The largest absolute Gasteiger partial charge is 0.416 e. The van der Waals surface area contributed by atoms with Gasteiger partial charge in [0, 0.05) is 12.2 Å². The number of halogens is 3. The van der Waals surface area contributed by atoms with Crippen LogP contribution in [-0.4, -0.2) is 23.0 Å². The van der Waals surface area contributed by atoms with Crippen LogP contribution in [0.15, 0.2) is 36.4 Å². The summed E-state index contributed by atoms with van der Waals surface area (Å²) in [7, 11) is 0. The Labute approximate surface area is 161 Å². The number of piperidine rings is 1. The first kappa shape index (κ1) is 18.9. The van der Waals surface area contributed by atoms with E-state index in [9.17, 15) is 18.0 Å². The molecule has 7 heteroatoms. The second kappa shape index (κ2) is 6.88. The lowest BCUT2D eigenvalue weighted by molar-refractivity contribution is -0.137. The second-order valence-electron chi connectivity index (χ2n) is 7.67. The number of nitrogens with one attached hydrogen (secondary N) is 2. The quantitative estimate of drug-likeness (QED) is 0.811. The maximum absolute atomic E-state index is 12.8. The summed E-state index contributed by atoms with van der Waals surface area (Å²) in [6, 6.07) is 8.90. The molecule has 2 fully saturated rings. The molecular weight excluding hydrogens is 367 g/mol. The van der Waals surface area contributed by atoms with Gasteiger partial charge >= 0.3 is 6.18 Å². The normalized spacial score (nSPS) is 25.1. The average Bonchev–Trinajstić information content (AvgIpc) is 3.08. The highest BCUT2D eigenvalue weighted by atomic mass is 19.4. The van der Waals surface area contributed by atoms with E-state index in [2.05, 4.69) is 15.6 Å². The molecule has 1 aromatic heterocycles. The molecule has 28 heavy (non-hydrogen) atoms. The number of pyridine rings is 1. The van der Waals surface area contributed by atoms with E-state index in [4.69, 9.17) is 0 Å². The van der Waals surface area contributed by atoms with Crippen LogP contribution >= 0.6 is 0 Å². The minimum Gasteiger partial charge on any atom is -0.354 e. The van der Waals surface area contributed by atoms with Crippen LogP contribution in [0.25, 0.3) is 11.1 Å². The first-order valence-corrected chi connectivity index (χ1v) is 9.49. The molecule has 1 aromatic carbocycles. The number of hydrogen-bond donors (Lipinski definition) is 2. The van der Waals surface area contributed by atoms with Gasteiger partial charge in [0.15, 0.2) is 0 Å². The molecular formula is C21H22F3N3O. The van der Waals surface area contributed by atoms with Gasteiger partial charge in [-0.2, -0.15) is 13.2 Å². The van der Waals surface area contributed by atoms with E-state index < -0.39 is 17.3 Å². The molecule has 2 aliphatic heterocycles. The van der Waals surface area contributed by atoms with E-state index in [1.165, 1.54) is 12.1 Å². The van der Waals surface area contributed by atoms with Crippen LogP contribution in [0.1, 0.15) is 48.7 Å². The zero-order chi connectivity index (χ0) is 19.9. The number of hydrogen-bond acceptors (Lipinski definition) is 3.